The Bertz CT molecular complexity index is 623. The summed E-state index contributed by atoms with van der Waals surface area (Å²) in [5.41, 5.74) is 0.490. The van der Waals surface area contributed by atoms with Gasteiger partial charge in [-0.1, -0.05) is 17.7 Å². The molecule has 3 nitrogen and oxygen atoms in total. The maximum absolute atomic E-state index is 13.3. The van der Waals surface area contributed by atoms with Gasteiger partial charge >= 0.3 is 7.12 Å². The second-order valence-electron chi connectivity index (χ2n) is 4.13. The maximum Gasteiger partial charge on any atom is 0.488 e. The van der Waals surface area contributed by atoms with Gasteiger partial charge in [0.05, 0.1) is 5.02 Å². The third-order valence-electron chi connectivity index (χ3n) is 2.58. The van der Waals surface area contributed by atoms with Crippen LogP contribution >= 0.6 is 11.6 Å². The van der Waals surface area contributed by atoms with E-state index in [1.54, 1.807) is 6.07 Å². The average molecular weight is 298 g/mol. The number of rotatable bonds is 4. The normalized spacial score (nSPS) is 10.4. The molecule has 2 N–H and O–H groups in total. The van der Waals surface area contributed by atoms with Crippen LogP contribution in [0.25, 0.3) is 0 Å². The zero-order valence-corrected chi connectivity index (χ0v) is 10.9. The predicted molar refractivity (Wildman–Crippen MR) is 72.0 cm³/mol. The van der Waals surface area contributed by atoms with Crippen LogP contribution in [0, 0.1) is 11.6 Å². The van der Waals surface area contributed by atoms with Crippen LogP contribution in [0.2, 0.25) is 5.02 Å². The smallest absolute Gasteiger partial charge is 0.488 e. The van der Waals surface area contributed by atoms with Crippen LogP contribution in [0.4, 0.5) is 8.78 Å². The van der Waals surface area contributed by atoms with Crippen LogP contribution < -0.4 is 10.2 Å². The van der Waals surface area contributed by atoms with Gasteiger partial charge in [0.1, 0.15) is 24.0 Å². The van der Waals surface area contributed by atoms with E-state index in [2.05, 4.69) is 0 Å². The minimum absolute atomic E-state index is 0.00148. The van der Waals surface area contributed by atoms with E-state index in [-0.39, 0.29) is 22.8 Å². The van der Waals surface area contributed by atoms with E-state index >= 15 is 0 Å². The van der Waals surface area contributed by atoms with Gasteiger partial charge in [-0.3, -0.25) is 0 Å². The lowest BCUT2D eigenvalue weighted by atomic mass is 9.80. The molecule has 0 saturated heterocycles. The fraction of sp³-hybridized carbons (Fsp3) is 0.0769. The molecular formula is C13H10BClF2O3. The number of benzene rings is 2. The Morgan fingerprint density at radius 2 is 1.85 bits per heavy atom. The molecule has 2 aromatic carbocycles. The van der Waals surface area contributed by atoms with Crippen molar-refractivity contribution in [3.05, 3.63) is 58.6 Å². The summed E-state index contributed by atoms with van der Waals surface area (Å²) in [5, 5.41) is 18.0. The Kier molecular flexibility index (Phi) is 4.59. The maximum atomic E-state index is 13.3. The minimum atomic E-state index is -1.79. The molecule has 104 valence electrons. The number of hydrogen-bond acceptors (Lipinski definition) is 3. The highest BCUT2D eigenvalue weighted by Crippen LogP contribution is 2.18. The molecule has 0 atom stereocenters. The quantitative estimate of drug-likeness (QED) is 0.847. The van der Waals surface area contributed by atoms with Crippen molar-refractivity contribution in [1.82, 2.24) is 0 Å². The Hall–Kier alpha value is -1.63. The van der Waals surface area contributed by atoms with Crippen molar-refractivity contribution in [3.63, 3.8) is 0 Å². The number of hydrogen-bond donors (Lipinski definition) is 2. The van der Waals surface area contributed by atoms with Gasteiger partial charge in [0.25, 0.3) is 0 Å². The zero-order valence-electron chi connectivity index (χ0n) is 10.2. The highest BCUT2D eigenvalue weighted by molar-refractivity contribution is 6.58. The van der Waals surface area contributed by atoms with Crippen molar-refractivity contribution >= 4 is 24.2 Å². The summed E-state index contributed by atoms with van der Waals surface area (Å²) in [6, 6.07) is 7.55. The molecule has 0 radical (unpaired) electrons. The molecule has 0 heterocycles. The number of ether oxygens (including phenoxy) is 1. The summed E-state index contributed by atoms with van der Waals surface area (Å²) in [6.45, 7) is -0.00148. The van der Waals surface area contributed by atoms with Crippen molar-refractivity contribution in [2.24, 2.45) is 0 Å². The predicted octanol–water partition coefficient (Wildman–Crippen LogP) is 1.88. The van der Waals surface area contributed by atoms with Crippen molar-refractivity contribution in [1.29, 1.82) is 0 Å². The lowest BCUT2D eigenvalue weighted by Gasteiger charge is -2.09. The lowest BCUT2D eigenvalue weighted by molar-refractivity contribution is 0.304. The SMILES string of the molecule is OB(O)c1cc(F)cc(OCc2ccc(Cl)c(F)c2)c1. The van der Waals surface area contributed by atoms with Gasteiger partial charge in [-0.2, -0.15) is 0 Å². The van der Waals surface area contributed by atoms with Gasteiger partial charge in [0.2, 0.25) is 0 Å². The van der Waals surface area contributed by atoms with Crippen molar-refractivity contribution < 1.29 is 23.6 Å². The topological polar surface area (TPSA) is 49.7 Å². The molecule has 0 bridgehead atoms. The largest absolute Gasteiger partial charge is 0.489 e. The molecule has 0 aliphatic rings. The van der Waals surface area contributed by atoms with Gasteiger partial charge in [0.15, 0.2) is 0 Å². The molecule has 0 aromatic heterocycles. The Labute approximate surface area is 119 Å². The van der Waals surface area contributed by atoms with Gasteiger partial charge in [-0.05, 0) is 35.3 Å². The third kappa shape index (κ3) is 3.69. The first-order valence-electron chi connectivity index (χ1n) is 5.69. The van der Waals surface area contributed by atoms with E-state index in [1.807, 2.05) is 0 Å². The molecule has 2 aromatic rings. The summed E-state index contributed by atoms with van der Waals surface area (Å²) in [6.07, 6.45) is 0. The molecule has 0 spiro atoms. The second-order valence-corrected chi connectivity index (χ2v) is 4.54. The summed E-state index contributed by atoms with van der Waals surface area (Å²) in [4.78, 5) is 0. The fourth-order valence-electron chi connectivity index (χ4n) is 1.61. The van der Waals surface area contributed by atoms with Crippen LogP contribution in [-0.4, -0.2) is 17.2 Å². The molecule has 0 amide bonds. The average Bonchev–Trinajstić information content (AvgIpc) is 2.39. The van der Waals surface area contributed by atoms with E-state index < -0.39 is 18.8 Å². The molecule has 0 aliphatic carbocycles. The first kappa shape index (κ1) is 14.8. The van der Waals surface area contributed by atoms with Gasteiger partial charge in [-0.15, -0.1) is 0 Å². The molecule has 20 heavy (non-hydrogen) atoms. The highest BCUT2D eigenvalue weighted by atomic mass is 35.5. The van der Waals surface area contributed by atoms with E-state index in [0.29, 0.717) is 5.56 Å². The van der Waals surface area contributed by atoms with Crippen LogP contribution in [0.1, 0.15) is 5.56 Å². The highest BCUT2D eigenvalue weighted by Gasteiger charge is 2.14. The van der Waals surface area contributed by atoms with Crippen LogP contribution in [-0.2, 0) is 6.61 Å². The van der Waals surface area contributed by atoms with Gasteiger partial charge in [0, 0.05) is 6.07 Å². The molecule has 7 heteroatoms. The van der Waals surface area contributed by atoms with Crippen molar-refractivity contribution in [2.75, 3.05) is 0 Å². The van der Waals surface area contributed by atoms with E-state index in [4.69, 9.17) is 26.4 Å². The summed E-state index contributed by atoms with van der Waals surface area (Å²) < 4.78 is 31.8. The molecule has 0 fully saturated rings. The van der Waals surface area contributed by atoms with Crippen LogP contribution in [0.15, 0.2) is 36.4 Å². The fourth-order valence-corrected chi connectivity index (χ4v) is 1.73. The molecule has 0 aliphatic heterocycles. The van der Waals surface area contributed by atoms with Crippen LogP contribution in [0.5, 0.6) is 5.75 Å². The summed E-state index contributed by atoms with van der Waals surface area (Å²) >= 11 is 5.55. The Morgan fingerprint density at radius 1 is 1.10 bits per heavy atom. The second kappa shape index (κ2) is 6.22. The van der Waals surface area contributed by atoms with Crippen molar-refractivity contribution in [2.45, 2.75) is 6.61 Å². The summed E-state index contributed by atoms with van der Waals surface area (Å²) in [5.74, 6) is -1.12. The van der Waals surface area contributed by atoms with E-state index in [9.17, 15) is 8.78 Å². The first-order chi connectivity index (χ1) is 9.45. The monoisotopic (exact) mass is 298 g/mol. The number of halogens is 3. The van der Waals surface area contributed by atoms with Gasteiger partial charge < -0.3 is 14.8 Å². The minimum Gasteiger partial charge on any atom is -0.489 e. The Balaban J connectivity index is 2.12. The first-order valence-corrected chi connectivity index (χ1v) is 6.07. The van der Waals surface area contributed by atoms with E-state index in [0.717, 1.165) is 12.1 Å². The third-order valence-corrected chi connectivity index (χ3v) is 2.89. The van der Waals surface area contributed by atoms with Crippen LogP contribution in [0.3, 0.4) is 0 Å². The van der Waals surface area contributed by atoms with E-state index in [1.165, 1.54) is 18.2 Å². The summed E-state index contributed by atoms with van der Waals surface area (Å²) in [7, 11) is -1.79. The Morgan fingerprint density at radius 3 is 2.50 bits per heavy atom. The van der Waals surface area contributed by atoms with Gasteiger partial charge in [-0.25, -0.2) is 8.78 Å². The molecule has 2 rings (SSSR count). The molecular weight excluding hydrogens is 288 g/mol. The van der Waals surface area contributed by atoms with Crippen molar-refractivity contribution in [3.8, 4) is 5.75 Å². The zero-order chi connectivity index (χ0) is 14.7. The molecule has 0 unspecified atom stereocenters. The lowest BCUT2D eigenvalue weighted by Crippen LogP contribution is -2.30. The molecule has 0 saturated carbocycles. The standard InChI is InChI=1S/C13H10BClF2O3/c15-12-2-1-8(3-13(12)17)7-20-11-5-9(14(18)19)4-10(16)6-11/h1-6,18-19H,7H2.